The molecule has 7 nitrogen and oxygen atoms in total. The highest BCUT2D eigenvalue weighted by Crippen LogP contribution is 2.43. The maximum atomic E-state index is 12.3. The number of phenolic OH excluding ortho intramolecular Hbond substituents is 2. The van der Waals surface area contributed by atoms with Crippen molar-refractivity contribution in [2.45, 2.75) is 88.6 Å². The number of aromatic nitrogens is 1. The number of aromatic hydroxyl groups is 2. The topological polar surface area (TPSA) is 102 Å². The molecule has 2 heterocycles. The van der Waals surface area contributed by atoms with Gasteiger partial charge in [0.1, 0.15) is 28.8 Å². The predicted molar refractivity (Wildman–Crippen MR) is 314 cm³/mol. The van der Waals surface area contributed by atoms with Crippen LogP contribution in [0.4, 0.5) is 0 Å². The number of ether oxygens (including phenoxy) is 2. The molecule has 1 atom stereocenters. The molecule has 2 N–H and O–H groups in total. The van der Waals surface area contributed by atoms with Crippen LogP contribution >= 0.6 is 11.8 Å². The third-order valence-electron chi connectivity index (χ3n) is 13.9. The Bertz CT molecular complexity index is 3140. The molecule has 0 amide bonds. The number of allylic oxidation sites excluding steroid dienone is 2. The monoisotopic (exact) mass is 1050 g/mol. The number of furan rings is 1. The van der Waals surface area contributed by atoms with Gasteiger partial charge < -0.3 is 24.1 Å². The molecule has 0 saturated carbocycles. The molecule has 10 rings (SSSR count). The van der Waals surface area contributed by atoms with Crippen LogP contribution in [0.1, 0.15) is 120 Å². The van der Waals surface area contributed by atoms with E-state index in [1.807, 2.05) is 54.2 Å². The largest absolute Gasteiger partial charge is 0.508 e. The van der Waals surface area contributed by atoms with Crippen molar-refractivity contribution < 1.29 is 28.3 Å². The molecular formula is C67H69NO6S2. The summed E-state index contributed by atoms with van der Waals surface area (Å²) in [6.07, 6.45) is 15.8. The fraction of sp³-hybridized carbons (Fsp3) is 0.269. The quantitative estimate of drug-likeness (QED) is 0.0647. The second-order valence-electron chi connectivity index (χ2n) is 19.4. The van der Waals surface area contributed by atoms with Crippen LogP contribution in [0.3, 0.4) is 0 Å². The van der Waals surface area contributed by atoms with Gasteiger partial charge in [-0.2, -0.15) is 11.8 Å². The van der Waals surface area contributed by atoms with Crippen molar-refractivity contribution >= 4 is 44.9 Å². The third-order valence-corrected chi connectivity index (χ3v) is 16.4. The van der Waals surface area contributed by atoms with Gasteiger partial charge >= 0.3 is 0 Å². The van der Waals surface area contributed by atoms with Crippen LogP contribution in [-0.2, 0) is 35.1 Å². The van der Waals surface area contributed by atoms with E-state index in [9.17, 15) is 14.4 Å². The van der Waals surface area contributed by atoms with Gasteiger partial charge in [-0.1, -0.05) is 103 Å². The Morgan fingerprint density at radius 1 is 0.526 bits per heavy atom. The minimum atomic E-state index is -0.875. The summed E-state index contributed by atoms with van der Waals surface area (Å²) in [6.45, 7) is 1.38. The van der Waals surface area contributed by atoms with Gasteiger partial charge in [0.25, 0.3) is 0 Å². The Kier molecular flexibility index (Phi) is 19.9. The van der Waals surface area contributed by atoms with E-state index in [0.29, 0.717) is 29.6 Å². The first-order valence-electron chi connectivity index (χ1n) is 27.0. The van der Waals surface area contributed by atoms with Crippen molar-refractivity contribution in [3.8, 4) is 23.0 Å². The molecule has 2 aliphatic carbocycles. The Labute approximate surface area is 456 Å². The molecule has 0 spiro atoms. The molecule has 0 aliphatic heterocycles. The van der Waals surface area contributed by atoms with Gasteiger partial charge in [0.15, 0.2) is 0 Å². The number of hydrogen-bond acceptors (Lipinski definition) is 8. The summed E-state index contributed by atoms with van der Waals surface area (Å²) in [6, 6.07) is 59.5. The molecule has 1 unspecified atom stereocenters. The number of thioether (sulfide) groups is 1. The Morgan fingerprint density at radius 3 is 1.58 bits per heavy atom. The van der Waals surface area contributed by atoms with Gasteiger partial charge in [-0.15, -0.1) is 0 Å². The van der Waals surface area contributed by atoms with Gasteiger partial charge in [-0.25, -0.2) is 0 Å². The van der Waals surface area contributed by atoms with E-state index in [2.05, 4.69) is 126 Å². The maximum absolute atomic E-state index is 12.3. The Balaban J connectivity index is 0.000000186. The molecule has 9 heteroatoms. The van der Waals surface area contributed by atoms with Crippen LogP contribution in [0.2, 0.25) is 0 Å². The molecule has 0 saturated heterocycles. The summed E-state index contributed by atoms with van der Waals surface area (Å²) in [5, 5.41) is 20.3. The predicted octanol–water partition coefficient (Wildman–Crippen LogP) is 16.3. The number of aryl methyl sites for hydroxylation is 2. The Hall–Kier alpha value is -7.07. The van der Waals surface area contributed by atoms with Crippen molar-refractivity contribution in [1.29, 1.82) is 0 Å². The van der Waals surface area contributed by atoms with Crippen LogP contribution in [0, 0.1) is 0 Å². The highest BCUT2D eigenvalue weighted by Gasteiger charge is 2.22. The van der Waals surface area contributed by atoms with E-state index >= 15 is 0 Å². The van der Waals surface area contributed by atoms with Crippen molar-refractivity contribution in [3.05, 3.63) is 244 Å². The summed E-state index contributed by atoms with van der Waals surface area (Å²) >= 11 is 1.92. The Morgan fingerprint density at radius 2 is 1.07 bits per heavy atom. The number of unbranched alkanes of at least 4 members (excludes halogenated alkanes) is 4. The molecule has 0 bridgehead atoms. The fourth-order valence-corrected chi connectivity index (χ4v) is 12.3. The molecule has 2 aromatic heterocycles. The number of hydrogen-bond donors (Lipinski definition) is 2. The second kappa shape index (κ2) is 28.2. The van der Waals surface area contributed by atoms with Gasteiger partial charge in [0.05, 0.1) is 36.7 Å². The van der Waals surface area contributed by atoms with Gasteiger partial charge in [-0.05, 0) is 222 Å². The normalized spacial score (nSPS) is 13.6. The standard InChI is InChI=1S/C34H35NO3S.C33H34O3S/c36-30-17-20-33-28(24-30)12-9-14-32(26-10-3-1-4-11-26)34(33)27-15-18-31(19-16-27)38-22-7-2-8-23-39(37)25-29-13-5-6-21-35-29;34-28-16-19-32-27(23-28)11-7-13-31(25-9-3-1-4-10-25)33(32)26-14-17-29(18-15-26)35-20-5-2-6-22-37-24-30-12-8-21-36-30/h1,3-6,10-11,13,15-21,24,36H,2,7-9,12,14,22-23,25H2;1,3-4,8-10,12,14-19,21,23,34H,2,5-7,11,13,20,22,24H2. The summed E-state index contributed by atoms with van der Waals surface area (Å²) in [5.41, 5.74) is 15.8. The van der Waals surface area contributed by atoms with Crippen LogP contribution < -0.4 is 9.47 Å². The SMILES string of the molecule is O=S(CCCCCOc1ccc(C2=C(c3ccccc3)CCCc3cc(O)ccc32)cc1)Cc1ccccn1.Oc1ccc2c(c1)CCCC(c1ccccc1)=C2c1ccc(OCCCCCSCc2ccco2)cc1. The average molecular weight is 1050 g/mol. The zero-order valence-corrected chi connectivity index (χ0v) is 45.0. The molecular weight excluding hydrogens is 979 g/mol. The highest BCUT2D eigenvalue weighted by atomic mass is 32.2. The molecule has 8 aromatic rings. The third kappa shape index (κ3) is 15.3. The highest BCUT2D eigenvalue weighted by molar-refractivity contribution is 7.98. The minimum absolute atomic E-state index is 0.319. The lowest BCUT2D eigenvalue weighted by Gasteiger charge is -2.17. The molecule has 0 radical (unpaired) electrons. The number of phenols is 2. The summed E-state index contributed by atoms with van der Waals surface area (Å²) in [5.74, 6) is 6.80. The van der Waals surface area contributed by atoms with Crippen LogP contribution in [0.25, 0.3) is 22.3 Å². The van der Waals surface area contributed by atoms with Crippen LogP contribution in [-0.4, -0.2) is 44.1 Å². The van der Waals surface area contributed by atoms with Crippen molar-refractivity contribution in [1.82, 2.24) is 4.98 Å². The summed E-state index contributed by atoms with van der Waals surface area (Å²) < 4.78 is 29.8. The van der Waals surface area contributed by atoms with E-state index in [1.54, 1.807) is 24.6 Å². The zero-order chi connectivity index (χ0) is 52.2. The fourth-order valence-electron chi connectivity index (χ4n) is 10.2. The number of benzene rings is 6. The van der Waals surface area contributed by atoms with E-state index in [0.717, 1.165) is 111 Å². The molecule has 6 aromatic carbocycles. The number of nitrogens with zero attached hydrogens (tertiary/aromatic N) is 1. The smallest absolute Gasteiger partial charge is 0.119 e. The lowest BCUT2D eigenvalue weighted by atomic mass is 9.88. The lowest BCUT2D eigenvalue weighted by molar-refractivity contribution is 0.306. The van der Waals surface area contributed by atoms with Crippen molar-refractivity contribution in [3.63, 3.8) is 0 Å². The molecule has 390 valence electrons. The van der Waals surface area contributed by atoms with Gasteiger partial charge in [0.2, 0.25) is 0 Å². The number of rotatable bonds is 22. The summed E-state index contributed by atoms with van der Waals surface area (Å²) in [7, 11) is -0.875. The van der Waals surface area contributed by atoms with E-state index in [-0.39, 0.29) is 0 Å². The first-order chi connectivity index (χ1) is 37.4. The average Bonchev–Trinajstić information content (AvgIpc) is 3.82. The molecule has 0 fully saturated rings. The summed E-state index contributed by atoms with van der Waals surface area (Å²) in [4.78, 5) is 4.26. The first kappa shape index (κ1) is 53.7. The molecule has 2 aliphatic rings. The minimum Gasteiger partial charge on any atom is -0.508 e. The van der Waals surface area contributed by atoms with Crippen molar-refractivity contribution in [2.24, 2.45) is 0 Å². The molecule has 76 heavy (non-hydrogen) atoms. The second-order valence-corrected chi connectivity index (χ2v) is 22.1. The van der Waals surface area contributed by atoms with Crippen LogP contribution in [0.15, 0.2) is 193 Å². The van der Waals surface area contributed by atoms with Crippen LogP contribution in [0.5, 0.6) is 23.0 Å². The number of fused-ring (bicyclic) bond motifs is 2. The first-order valence-corrected chi connectivity index (χ1v) is 29.6. The van der Waals surface area contributed by atoms with E-state index < -0.39 is 10.8 Å². The van der Waals surface area contributed by atoms with E-state index in [4.69, 9.17) is 13.9 Å². The van der Waals surface area contributed by atoms with Gasteiger partial charge in [-0.3, -0.25) is 9.19 Å². The maximum Gasteiger partial charge on any atom is 0.119 e. The van der Waals surface area contributed by atoms with Gasteiger partial charge in [0, 0.05) is 22.7 Å². The van der Waals surface area contributed by atoms with E-state index in [1.165, 1.54) is 74.1 Å². The lowest BCUT2D eigenvalue weighted by Crippen LogP contribution is -2.04. The number of pyridine rings is 1. The van der Waals surface area contributed by atoms with Crippen molar-refractivity contribution in [2.75, 3.05) is 24.7 Å². The zero-order valence-electron chi connectivity index (χ0n) is 43.4.